The SMILES string of the molecule is COc1ccc2c(c1)C1C(C)c3ccccc3C1N2[Si](C)(C)C. The average molecular weight is 324 g/mol. The van der Waals surface area contributed by atoms with E-state index in [1.807, 2.05) is 0 Å². The molecule has 0 amide bonds. The number of hydrogen-bond acceptors (Lipinski definition) is 2. The molecule has 1 aliphatic carbocycles. The summed E-state index contributed by atoms with van der Waals surface area (Å²) in [6.07, 6.45) is 0. The molecule has 0 saturated carbocycles. The third-order valence-electron chi connectivity index (χ3n) is 5.54. The van der Waals surface area contributed by atoms with E-state index in [2.05, 4.69) is 73.6 Å². The maximum absolute atomic E-state index is 5.51. The van der Waals surface area contributed by atoms with Crippen LogP contribution in [0.5, 0.6) is 5.75 Å². The molecule has 2 aliphatic rings. The Labute approximate surface area is 140 Å². The third kappa shape index (κ3) is 1.99. The molecule has 0 fully saturated rings. The minimum absolute atomic E-state index is 0.495. The Balaban J connectivity index is 1.95. The van der Waals surface area contributed by atoms with Crippen molar-refractivity contribution < 1.29 is 4.74 Å². The van der Waals surface area contributed by atoms with Crippen molar-refractivity contribution in [1.82, 2.24) is 0 Å². The number of ether oxygens (including phenoxy) is 1. The summed E-state index contributed by atoms with van der Waals surface area (Å²) in [6.45, 7) is 9.75. The van der Waals surface area contributed by atoms with Gasteiger partial charge in [0, 0.05) is 11.6 Å². The number of fused-ring (bicyclic) bond motifs is 5. The van der Waals surface area contributed by atoms with Crippen molar-refractivity contribution in [1.29, 1.82) is 0 Å². The van der Waals surface area contributed by atoms with Crippen molar-refractivity contribution in [3.05, 3.63) is 59.2 Å². The molecule has 2 nitrogen and oxygen atoms in total. The summed E-state index contributed by atoms with van der Waals surface area (Å²) in [6, 6.07) is 16.2. The molecule has 0 saturated heterocycles. The Morgan fingerprint density at radius 3 is 2.30 bits per heavy atom. The fourth-order valence-electron chi connectivity index (χ4n) is 4.67. The molecule has 0 bridgehead atoms. The standard InChI is InChI=1S/C20H25NOSi/c1-13-15-8-6-7-9-16(15)20-19(13)17-12-14(22-2)10-11-18(17)21(20)23(3,4)5/h6-13,19-20H,1-5H3. The lowest BCUT2D eigenvalue weighted by Crippen LogP contribution is -2.46. The second kappa shape index (κ2) is 4.87. The molecule has 120 valence electrons. The van der Waals surface area contributed by atoms with E-state index in [1.54, 1.807) is 7.11 Å². The van der Waals surface area contributed by atoms with Crippen LogP contribution in [0.1, 0.15) is 41.5 Å². The average Bonchev–Trinajstić information content (AvgIpc) is 3.01. The summed E-state index contributed by atoms with van der Waals surface area (Å²) in [5, 5.41) is 0. The van der Waals surface area contributed by atoms with Crippen molar-refractivity contribution in [3.63, 3.8) is 0 Å². The highest BCUT2D eigenvalue weighted by Crippen LogP contribution is 2.62. The quantitative estimate of drug-likeness (QED) is 0.696. The van der Waals surface area contributed by atoms with Crippen LogP contribution >= 0.6 is 0 Å². The molecule has 0 aromatic heterocycles. The molecular formula is C20H25NOSi. The molecule has 2 aromatic rings. The zero-order valence-corrected chi connectivity index (χ0v) is 15.6. The van der Waals surface area contributed by atoms with Crippen LogP contribution in [0.15, 0.2) is 42.5 Å². The number of anilines is 1. The first-order chi connectivity index (χ1) is 10.9. The van der Waals surface area contributed by atoms with Gasteiger partial charge in [-0.15, -0.1) is 0 Å². The van der Waals surface area contributed by atoms with Gasteiger partial charge in [-0.05, 0) is 40.8 Å². The van der Waals surface area contributed by atoms with E-state index in [0.717, 1.165) is 5.75 Å². The van der Waals surface area contributed by atoms with Gasteiger partial charge >= 0.3 is 0 Å². The molecule has 3 atom stereocenters. The number of nitrogens with zero attached hydrogens (tertiary/aromatic N) is 1. The topological polar surface area (TPSA) is 12.5 Å². The fraction of sp³-hybridized carbons (Fsp3) is 0.400. The van der Waals surface area contributed by atoms with Crippen molar-refractivity contribution >= 4 is 13.9 Å². The summed E-state index contributed by atoms with van der Waals surface area (Å²) < 4.78 is 8.27. The second-order valence-corrected chi connectivity index (χ2v) is 12.7. The van der Waals surface area contributed by atoms with Crippen LogP contribution in [-0.4, -0.2) is 15.3 Å². The molecule has 0 N–H and O–H groups in total. The predicted molar refractivity (Wildman–Crippen MR) is 99.2 cm³/mol. The van der Waals surface area contributed by atoms with Crippen LogP contribution in [0.3, 0.4) is 0 Å². The summed E-state index contributed by atoms with van der Waals surface area (Å²) in [5.41, 5.74) is 5.96. The largest absolute Gasteiger partial charge is 0.497 e. The molecule has 1 heterocycles. The maximum Gasteiger partial charge on any atom is 0.148 e. The van der Waals surface area contributed by atoms with Gasteiger partial charge in [-0.3, -0.25) is 0 Å². The van der Waals surface area contributed by atoms with Crippen LogP contribution in [-0.2, 0) is 0 Å². The molecule has 0 radical (unpaired) electrons. The first-order valence-corrected chi connectivity index (χ1v) is 11.9. The zero-order valence-electron chi connectivity index (χ0n) is 14.6. The van der Waals surface area contributed by atoms with Crippen molar-refractivity contribution in [2.45, 2.75) is 44.4 Å². The Morgan fingerprint density at radius 1 is 0.957 bits per heavy atom. The molecule has 3 unspecified atom stereocenters. The van der Waals surface area contributed by atoms with Crippen molar-refractivity contribution in [2.75, 3.05) is 11.7 Å². The predicted octanol–water partition coefficient (Wildman–Crippen LogP) is 5.29. The maximum atomic E-state index is 5.51. The number of hydrogen-bond donors (Lipinski definition) is 0. The fourth-order valence-corrected chi connectivity index (χ4v) is 6.73. The Hall–Kier alpha value is -1.74. The van der Waals surface area contributed by atoms with E-state index >= 15 is 0 Å². The van der Waals surface area contributed by atoms with Gasteiger partial charge in [-0.2, -0.15) is 0 Å². The summed E-state index contributed by atoms with van der Waals surface area (Å²) in [4.78, 5) is 0. The Kier molecular flexibility index (Phi) is 3.14. The van der Waals surface area contributed by atoms with Crippen LogP contribution < -0.4 is 9.30 Å². The summed E-state index contributed by atoms with van der Waals surface area (Å²) in [5.74, 6) is 2.08. The normalized spacial score (nSPS) is 25.1. The number of rotatable bonds is 2. The highest BCUT2D eigenvalue weighted by molar-refractivity contribution is 6.80. The molecule has 23 heavy (non-hydrogen) atoms. The molecular weight excluding hydrogens is 298 g/mol. The molecule has 3 heteroatoms. The summed E-state index contributed by atoms with van der Waals surface area (Å²) in [7, 11) is 0.267. The first-order valence-electron chi connectivity index (χ1n) is 8.49. The first kappa shape index (κ1) is 14.8. The number of methoxy groups -OCH3 is 1. The van der Waals surface area contributed by atoms with Gasteiger partial charge in [0.1, 0.15) is 14.0 Å². The Morgan fingerprint density at radius 2 is 1.65 bits per heavy atom. The highest BCUT2D eigenvalue weighted by Gasteiger charge is 2.51. The zero-order chi connectivity index (χ0) is 16.4. The van der Waals surface area contributed by atoms with Gasteiger partial charge in [0.05, 0.1) is 13.2 Å². The van der Waals surface area contributed by atoms with E-state index in [9.17, 15) is 0 Å². The van der Waals surface area contributed by atoms with Crippen molar-refractivity contribution in [2.24, 2.45) is 0 Å². The summed E-state index contributed by atoms with van der Waals surface area (Å²) >= 11 is 0. The van der Waals surface area contributed by atoms with E-state index in [-0.39, 0.29) is 0 Å². The lowest BCUT2D eigenvalue weighted by molar-refractivity contribution is 0.413. The van der Waals surface area contributed by atoms with Gasteiger partial charge in [-0.1, -0.05) is 50.8 Å². The van der Waals surface area contributed by atoms with Crippen LogP contribution in [0, 0.1) is 0 Å². The van der Waals surface area contributed by atoms with Gasteiger partial charge in [0.15, 0.2) is 0 Å². The van der Waals surface area contributed by atoms with Gasteiger partial charge in [-0.25, -0.2) is 0 Å². The smallest absolute Gasteiger partial charge is 0.148 e. The molecule has 2 aromatic carbocycles. The Bertz CT molecular complexity index is 764. The van der Waals surface area contributed by atoms with E-state index in [0.29, 0.717) is 17.9 Å². The highest BCUT2D eigenvalue weighted by atomic mass is 28.3. The monoisotopic (exact) mass is 323 g/mol. The van der Waals surface area contributed by atoms with Crippen LogP contribution in [0.4, 0.5) is 5.69 Å². The lowest BCUT2D eigenvalue weighted by Gasteiger charge is -2.39. The van der Waals surface area contributed by atoms with E-state index < -0.39 is 8.24 Å². The van der Waals surface area contributed by atoms with Crippen LogP contribution in [0.25, 0.3) is 0 Å². The van der Waals surface area contributed by atoms with Crippen molar-refractivity contribution in [3.8, 4) is 5.75 Å². The lowest BCUT2D eigenvalue weighted by atomic mass is 9.88. The van der Waals surface area contributed by atoms with Gasteiger partial charge in [0.25, 0.3) is 0 Å². The van der Waals surface area contributed by atoms with Crippen LogP contribution in [0.2, 0.25) is 19.6 Å². The third-order valence-corrected chi connectivity index (χ3v) is 7.50. The minimum atomic E-state index is -1.49. The van der Waals surface area contributed by atoms with Gasteiger partial charge in [0.2, 0.25) is 0 Å². The van der Waals surface area contributed by atoms with E-state index in [1.165, 1.54) is 22.4 Å². The molecule has 0 spiro atoms. The minimum Gasteiger partial charge on any atom is -0.497 e. The number of benzene rings is 2. The molecule has 1 aliphatic heterocycles. The van der Waals surface area contributed by atoms with Gasteiger partial charge < -0.3 is 9.30 Å². The van der Waals surface area contributed by atoms with E-state index in [4.69, 9.17) is 4.74 Å². The molecule has 4 rings (SSSR count). The second-order valence-electron chi connectivity index (χ2n) is 7.85.